The Morgan fingerprint density at radius 3 is 2.88 bits per heavy atom. The minimum atomic E-state index is 0.0559. The van der Waals surface area contributed by atoms with Gasteiger partial charge < -0.3 is 10.6 Å². The maximum absolute atomic E-state index is 11.9. The summed E-state index contributed by atoms with van der Waals surface area (Å²) in [4.78, 5) is 13.8. The molecule has 6 nitrogen and oxygen atoms in total. The summed E-state index contributed by atoms with van der Waals surface area (Å²) in [5, 5.41) is 11.6. The lowest BCUT2D eigenvalue weighted by molar-refractivity contribution is -0.122. The van der Waals surface area contributed by atoms with Crippen molar-refractivity contribution in [1.29, 1.82) is 0 Å². The molecule has 1 aromatic heterocycles. The molecular weight excluding hydrogens is 354 g/mol. The van der Waals surface area contributed by atoms with Gasteiger partial charge in [-0.25, -0.2) is 4.68 Å². The van der Waals surface area contributed by atoms with Crippen molar-refractivity contribution in [1.82, 2.24) is 20.0 Å². The Morgan fingerprint density at radius 1 is 1.44 bits per heavy atom. The Hall–Kier alpha value is -1.77. The molecule has 8 heteroatoms. The van der Waals surface area contributed by atoms with E-state index in [1.165, 1.54) is 22.5 Å². The molecule has 1 fully saturated rings. The molecule has 1 aliphatic carbocycles. The van der Waals surface area contributed by atoms with Crippen LogP contribution in [0.25, 0.3) is 0 Å². The lowest BCUT2D eigenvalue weighted by atomic mass is 10.1. The molecule has 0 atom stereocenters. The zero-order chi connectivity index (χ0) is 18.0. The van der Waals surface area contributed by atoms with Gasteiger partial charge in [0, 0.05) is 11.7 Å². The van der Waals surface area contributed by atoms with Crippen LogP contribution in [0.2, 0.25) is 0 Å². The molecule has 1 heterocycles. The van der Waals surface area contributed by atoms with Crippen molar-refractivity contribution >= 4 is 40.3 Å². The SMILES string of the molecule is Cc1ccc(Nc2nn(CN(C)CC(=O)NC3CC3)c(=S)s2)c(C)c1. The Bertz CT molecular complexity index is 825. The number of benzene rings is 1. The van der Waals surface area contributed by atoms with Crippen molar-refractivity contribution in [2.75, 3.05) is 18.9 Å². The number of likely N-dealkylation sites (N-methyl/N-ethyl adjacent to an activating group) is 1. The fourth-order valence-corrected chi connectivity index (χ4v) is 3.55. The molecule has 134 valence electrons. The summed E-state index contributed by atoms with van der Waals surface area (Å²) in [5.74, 6) is 0.0559. The summed E-state index contributed by atoms with van der Waals surface area (Å²) < 4.78 is 2.43. The number of carbonyl (C=O) groups excluding carboxylic acids is 1. The highest BCUT2D eigenvalue weighted by atomic mass is 32.1. The van der Waals surface area contributed by atoms with Crippen LogP contribution in [0.1, 0.15) is 24.0 Å². The van der Waals surface area contributed by atoms with Crippen LogP contribution in [0.3, 0.4) is 0 Å². The van der Waals surface area contributed by atoms with Gasteiger partial charge in [0.1, 0.15) is 0 Å². The number of anilines is 2. The molecule has 1 amide bonds. The van der Waals surface area contributed by atoms with Crippen LogP contribution < -0.4 is 10.6 Å². The first-order valence-corrected chi connectivity index (χ1v) is 9.53. The number of carbonyl (C=O) groups is 1. The molecular formula is C17H23N5OS2. The standard InChI is InChI=1S/C17H23N5OS2/c1-11-4-7-14(12(2)8-11)19-16-20-22(17(24)25-16)10-21(3)9-15(23)18-13-5-6-13/h4,7-8,13H,5-6,9-10H2,1-3H3,(H,18,23)(H,19,20). The summed E-state index contributed by atoms with van der Waals surface area (Å²) in [7, 11) is 1.89. The van der Waals surface area contributed by atoms with Gasteiger partial charge in [-0.3, -0.25) is 9.69 Å². The van der Waals surface area contributed by atoms with Gasteiger partial charge in [0.05, 0.1) is 13.2 Å². The van der Waals surface area contributed by atoms with E-state index in [-0.39, 0.29) is 5.91 Å². The van der Waals surface area contributed by atoms with Crippen LogP contribution >= 0.6 is 23.6 Å². The molecule has 0 aliphatic heterocycles. The van der Waals surface area contributed by atoms with Crippen molar-refractivity contribution in [3.05, 3.63) is 33.3 Å². The van der Waals surface area contributed by atoms with Gasteiger partial charge in [0.15, 0.2) is 3.95 Å². The van der Waals surface area contributed by atoms with E-state index in [0.717, 1.165) is 23.7 Å². The Morgan fingerprint density at radius 2 is 2.20 bits per heavy atom. The number of hydrogen-bond acceptors (Lipinski definition) is 6. The maximum atomic E-state index is 11.9. The molecule has 1 saturated carbocycles. The van der Waals surface area contributed by atoms with E-state index < -0.39 is 0 Å². The lowest BCUT2D eigenvalue weighted by Gasteiger charge is -2.15. The molecule has 0 saturated heterocycles. The zero-order valence-electron chi connectivity index (χ0n) is 14.7. The van der Waals surface area contributed by atoms with Crippen LogP contribution in [-0.2, 0) is 11.5 Å². The van der Waals surface area contributed by atoms with Gasteiger partial charge in [0.2, 0.25) is 11.0 Å². The maximum Gasteiger partial charge on any atom is 0.234 e. The molecule has 0 radical (unpaired) electrons. The lowest BCUT2D eigenvalue weighted by Crippen LogP contribution is -2.37. The average Bonchev–Trinajstić information content (AvgIpc) is 3.26. The number of nitrogens with one attached hydrogen (secondary N) is 2. The minimum absolute atomic E-state index is 0.0559. The first kappa shape index (κ1) is 18.0. The number of amides is 1. The number of aromatic nitrogens is 2. The predicted octanol–water partition coefficient (Wildman–Crippen LogP) is 3.20. The second kappa shape index (κ2) is 7.63. The van der Waals surface area contributed by atoms with Crippen molar-refractivity contribution in [2.45, 2.75) is 39.4 Å². The monoisotopic (exact) mass is 377 g/mol. The van der Waals surface area contributed by atoms with Gasteiger partial charge in [-0.05, 0) is 57.6 Å². The molecule has 1 aromatic carbocycles. The molecule has 0 spiro atoms. The third kappa shape index (κ3) is 5.10. The minimum Gasteiger partial charge on any atom is -0.352 e. The van der Waals surface area contributed by atoms with Gasteiger partial charge in [-0.1, -0.05) is 29.0 Å². The van der Waals surface area contributed by atoms with Crippen LogP contribution in [0, 0.1) is 17.8 Å². The van der Waals surface area contributed by atoms with Gasteiger partial charge in [-0.2, -0.15) is 0 Å². The van der Waals surface area contributed by atoms with E-state index in [2.05, 4.69) is 41.7 Å². The number of hydrogen-bond donors (Lipinski definition) is 2. The summed E-state index contributed by atoms with van der Waals surface area (Å²) in [6, 6.07) is 6.63. The van der Waals surface area contributed by atoms with E-state index in [9.17, 15) is 4.79 Å². The summed E-state index contributed by atoms with van der Waals surface area (Å²) >= 11 is 6.84. The highest BCUT2D eigenvalue weighted by Crippen LogP contribution is 2.24. The molecule has 2 N–H and O–H groups in total. The van der Waals surface area contributed by atoms with Crippen molar-refractivity contribution in [2.24, 2.45) is 0 Å². The molecule has 2 aromatic rings. The highest BCUT2D eigenvalue weighted by Gasteiger charge is 2.23. The van der Waals surface area contributed by atoms with E-state index >= 15 is 0 Å². The van der Waals surface area contributed by atoms with E-state index in [1.54, 1.807) is 4.68 Å². The molecule has 1 aliphatic rings. The second-order valence-electron chi connectivity index (χ2n) is 6.61. The molecule has 0 unspecified atom stereocenters. The third-order valence-electron chi connectivity index (χ3n) is 3.96. The van der Waals surface area contributed by atoms with Gasteiger partial charge in [0.25, 0.3) is 0 Å². The fourth-order valence-electron chi connectivity index (χ4n) is 2.54. The van der Waals surface area contributed by atoms with E-state index in [1.807, 2.05) is 18.0 Å². The topological polar surface area (TPSA) is 62.2 Å². The Labute approximate surface area is 156 Å². The quantitative estimate of drug-likeness (QED) is 0.726. The van der Waals surface area contributed by atoms with Crippen LogP contribution in [0.4, 0.5) is 10.8 Å². The summed E-state index contributed by atoms with van der Waals surface area (Å²) in [6.45, 7) is 4.97. The van der Waals surface area contributed by atoms with Gasteiger partial charge >= 0.3 is 0 Å². The van der Waals surface area contributed by atoms with Crippen LogP contribution in [-0.4, -0.2) is 40.2 Å². The number of aryl methyl sites for hydroxylation is 2. The average molecular weight is 378 g/mol. The predicted molar refractivity (Wildman–Crippen MR) is 104 cm³/mol. The molecule has 0 bridgehead atoms. The van der Waals surface area contributed by atoms with Crippen molar-refractivity contribution in [3.8, 4) is 0 Å². The van der Waals surface area contributed by atoms with Crippen LogP contribution in [0.15, 0.2) is 18.2 Å². The normalized spacial score (nSPS) is 13.9. The number of nitrogens with zero attached hydrogens (tertiary/aromatic N) is 3. The Kier molecular flexibility index (Phi) is 5.51. The van der Waals surface area contributed by atoms with Gasteiger partial charge in [-0.15, -0.1) is 5.10 Å². The smallest absolute Gasteiger partial charge is 0.234 e. The van der Waals surface area contributed by atoms with E-state index in [0.29, 0.717) is 23.2 Å². The van der Waals surface area contributed by atoms with E-state index in [4.69, 9.17) is 12.2 Å². The van der Waals surface area contributed by atoms with Crippen molar-refractivity contribution < 1.29 is 4.79 Å². The first-order chi connectivity index (χ1) is 11.9. The highest BCUT2D eigenvalue weighted by molar-refractivity contribution is 7.73. The van der Waals surface area contributed by atoms with Crippen molar-refractivity contribution in [3.63, 3.8) is 0 Å². The number of rotatable bonds is 7. The molecule has 25 heavy (non-hydrogen) atoms. The fraction of sp³-hybridized carbons (Fsp3) is 0.471. The summed E-state index contributed by atoms with van der Waals surface area (Å²) in [5.41, 5.74) is 3.42. The third-order valence-corrected chi connectivity index (χ3v) is 5.18. The Balaban J connectivity index is 1.61. The first-order valence-electron chi connectivity index (χ1n) is 8.31. The van der Waals surface area contributed by atoms with Crippen LogP contribution in [0.5, 0.6) is 0 Å². The largest absolute Gasteiger partial charge is 0.352 e. The zero-order valence-corrected chi connectivity index (χ0v) is 16.3. The summed E-state index contributed by atoms with van der Waals surface area (Å²) in [6.07, 6.45) is 2.19. The molecule has 3 rings (SSSR count). The second-order valence-corrected chi connectivity index (χ2v) is 8.24.